The van der Waals surface area contributed by atoms with E-state index in [0.717, 1.165) is 0 Å². The largest absolute Gasteiger partial charge is 0.298 e. The number of rotatable bonds is 5. The van der Waals surface area contributed by atoms with E-state index in [1.165, 1.54) is 23.4 Å². The molecular formula is C23H15ClN4O3. The number of aliphatic imine (C=N–C) groups is 1. The first kappa shape index (κ1) is 20.2. The van der Waals surface area contributed by atoms with Crippen molar-refractivity contribution in [1.82, 2.24) is 5.01 Å². The first-order valence-electron chi connectivity index (χ1n) is 9.27. The van der Waals surface area contributed by atoms with Crippen LogP contribution in [0.5, 0.6) is 0 Å². The van der Waals surface area contributed by atoms with Crippen molar-refractivity contribution in [2.24, 2.45) is 10.1 Å². The van der Waals surface area contributed by atoms with Gasteiger partial charge >= 0.3 is 0 Å². The van der Waals surface area contributed by atoms with Gasteiger partial charge in [0.05, 0.1) is 16.7 Å². The van der Waals surface area contributed by atoms with E-state index in [2.05, 4.69) is 10.1 Å². The van der Waals surface area contributed by atoms with Gasteiger partial charge < -0.3 is 0 Å². The molecule has 1 aliphatic rings. The third-order valence-electron chi connectivity index (χ3n) is 4.51. The summed E-state index contributed by atoms with van der Waals surface area (Å²) in [6, 6.07) is 22.4. The van der Waals surface area contributed by atoms with Gasteiger partial charge in [0, 0.05) is 22.2 Å². The molecule has 0 unspecified atom stereocenters. The van der Waals surface area contributed by atoms with E-state index in [-0.39, 0.29) is 16.9 Å². The van der Waals surface area contributed by atoms with Crippen LogP contribution in [0.3, 0.4) is 0 Å². The Morgan fingerprint density at radius 1 is 0.935 bits per heavy atom. The molecule has 0 aliphatic carbocycles. The molecule has 3 aromatic carbocycles. The lowest BCUT2D eigenvalue weighted by Gasteiger charge is -2.12. The number of nitrogens with zero attached hydrogens (tertiary/aromatic N) is 4. The number of hydrogen-bond donors (Lipinski definition) is 0. The summed E-state index contributed by atoms with van der Waals surface area (Å²) < 4.78 is 0. The van der Waals surface area contributed by atoms with Gasteiger partial charge in [-0.15, -0.1) is 0 Å². The number of nitro benzene ring substituents is 1. The minimum absolute atomic E-state index is 0.0458. The molecule has 0 atom stereocenters. The van der Waals surface area contributed by atoms with Gasteiger partial charge in [-0.3, -0.25) is 14.9 Å². The Morgan fingerprint density at radius 3 is 2.29 bits per heavy atom. The lowest BCUT2D eigenvalue weighted by atomic mass is 10.1. The molecule has 7 nitrogen and oxygen atoms in total. The van der Waals surface area contributed by atoms with Crippen molar-refractivity contribution < 1.29 is 9.72 Å². The monoisotopic (exact) mass is 430 g/mol. The van der Waals surface area contributed by atoms with Gasteiger partial charge in [-0.1, -0.05) is 72.3 Å². The standard InChI is InChI=1S/C23H15ClN4O3/c24-19-12-6-4-11-18(19)15-25-27-22(16-8-2-1-3-9-16)26-20(23(27)29)14-17-10-5-7-13-21(17)28(30)31/h1-15H/b20-14-,25-15+. The number of carbonyl (C=O) groups is 1. The summed E-state index contributed by atoms with van der Waals surface area (Å²) in [5.74, 6) is -0.181. The van der Waals surface area contributed by atoms with Crippen molar-refractivity contribution in [2.45, 2.75) is 0 Å². The third-order valence-corrected chi connectivity index (χ3v) is 4.86. The fourth-order valence-corrected chi connectivity index (χ4v) is 3.20. The predicted octanol–water partition coefficient (Wildman–Crippen LogP) is 4.91. The Balaban J connectivity index is 1.78. The Morgan fingerprint density at radius 2 is 1.58 bits per heavy atom. The van der Waals surface area contributed by atoms with Crippen LogP contribution in [-0.2, 0) is 4.79 Å². The maximum Gasteiger partial charge on any atom is 0.298 e. The summed E-state index contributed by atoms with van der Waals surface area (Å²) in [7, 11) is 0. The van der Waals surface area contributed by atoms with E-state index in [1.54, 1.807) is 48.5 Å². The number of benzene rings is 3. The Kier molecular flexibility index (Phi) is 5.68. The molecule has 0 saturated carbocycles. The average molecular weight is 431 g/mol. The third kappa shape index (κ3) is 4.26. The lowest BCUT2D eigenvalue weighted by Crippen LogP contribution is -2.27. The van der Waals surface area contributed by atoms with E-state index < -0.39 is 10.8 Å². The van der Waals surface area contributed by atoms with Crippen LogP contribution in [0.4, 0.5) is 5.69 Å². The molecule has 152 valence electrons. The highest BCUT2D eigenvalue weighted by Gasteiger charge is 2.31. The fourth-order valence-electron chi connectivity index (χ4n) is 3.01. The van der Waals surface area contributed by atoms with E-state index in [9.17, 15) is 14.9 Å². The predicted molar refractivity (Wildman–Crippen MR) is 120 cm³/mol. The van der Waals surface area contributed by atoms with Crippen molar-refractivity contribution in [2.75, 3.05) is 0 Å². The normalized spacial score (nSPS) is 15.0. The van der Waals surface area contributed by atoms with Crippen LogP contribution < -0.4 is 0 Å². The van der Waals surface area contributed by atoms with Gasteiger partial charge in [0.1, 0.15) is 5.70 Å². The van der Waals surface area contributed by atoms with E-state index in [4.69, 9.17) is 11.6 Å². The van der Waals surface area contributed by atoms with Crippen LogP contribution in [0, 0.1) is 10.1 Å². The SMILES string of the molecule is O=C1/C(=C/c2ccccc2[N+](=O)[O-])N=C(c2ccccc2)N1/N=C/c1ccccc1Cl. The van der Waals surface area contributed by atoms with E-state index in [1.807, 2.05) is 24.3 Å². The van der Waals surface area contributed by atoms with Crippen molar-refractivity contribution in [3.8, 4) is 0 Å². The van der Waals surface area contributed by atoms with E-state index >= 15 is 0 Å². The van der Waals surface area contributed by atoms with Gasteiger partial charge in [0.15, 0.2) is 5.84 Å². The van der Waals surface area contributed by atoms with Crippen molar-refractivity contribution >= 4 is 41.3 Å². The molecular weight excluding hydrogens is 416 g/mol. The highest BCUT2D eigenvalue weighted by atomic mass is 35.5. The molecule has 0 aromatic heterocycles. The number of carbonyl (C=O) groups excluding carboxylic acids is 1. The van der Waals surface area contributed by atoms with Crippen LogP contribution in [0.1, 0.15) is 16.7 Å². The summed E-state index contributed by atoms with van der Waals surface area (Å²) in [4.78, 5) is 28.4. The second-order valence-electron chi connectivity index (χ2n) is 6.53. The first-order valence-corrected chi connectivity index (χ1v) is 9.64. The molecule has 0 saturated heterocycles. The van der Waals surface area contributed by atoms with Crippen molar-refractivity contribution in [3.05, 3.63) is 116 Å². The van der Waals surface area contributed by atoms with Crippen LogP contribution in [0.2, 0.25) is 5.02 Å². The summed E-state index contributed by atoms with van der Waals surface area (Å²) in [6.07, 6.45) is 2.88. The zero-order valence-electron chi connectivity index (χ0n) is 16.1. The van der Waals surface area contributed by atoms with Gasteiger partial charge in [-0.2, -0.15) is 10.1 Å². The van der Waals surface area contributed by atoms with Crippen LogP contribution in [0.15, 0.2) is 94.7 Å². The van der Waals surface area contributed by atoms with Gasteiger partial charge in [-0.05, 0) is 18.2 Å². The first-order chi connectivity index (χ1) is 15.0. The zero-order chi connectivity index (χ0) is 21.8. The molecule has 1 amide bonds. The van der Waals surface area contributed by atoms with E-state index in [0.29, 0.717) is 22.0 Å². The number of hydrogen-bond acceptors (Lipinski definition) is 5. The highest BCUT2D eigenvalue weighted by Crippen LogP contribution is 2.26. The number of amidine groups is 1. The summed E-state index contributed by atoms with van der Waals surface area (Å²) in [5.41, 5.74) is 1.53. The number of hydrazone groups is 1. The molecule has 0 spiro atoms. The maximum absolute atomic E-state index is 13.1. The van der Waals surface area contributed by atoms with Crippen molar-refractivity contribution in [1.29, 1.82) is 0 Å². The highest BCUT2D eigenvalue weighted by molar-refractivity contribution is 6.33. The topological polar surface area (TPSA) is 88.2 Å². The molecule has 1 aliphatic heterocycles. The number of nitro groups is 1. The fraction of sp³-hybridized carbons (Fsp3) is 0. The van der Waals surface area contributed by atoms with Crippen molar-refractivity contribution in [3.63, 3.8) is 0 Å². The minimum atomic E-state index is -0.500. The van der Waals surface area contributed by atoms with Crippen LogP contribution in [-0.4, -0.2) is 27.9 Å². The van der Waals surface area contributed by atoms with Crippen LogP contribution >= 0.6 is 11.6 Å². The molecule has 8 heteroatoms. The number of amides is 1. The lowest BCUT2D eigenvalue weighted by molar-refractivity contribution is -0.385. The number of para-hydroxylation sites is 1. The molecule has 3 aromatic rings. The molecule has 0 bridgehead atoms. The molecule has 0 radical (unpaired) electrons. The Bertz CT molecular complexity index is 1250. The molecule has 0 fully saturated rings. The number of halogens is 1. The Labute approximate surface area is 182 Å². The molecule has 4 rings (SSSR count). The van der Waals surface area contributed by atoms with Gasteiger partial charge in [0.2, 0.25) is 0 Å². The second kappa shape index (κ2) is 8.73. The molecule has 1 heterocycles. The average Bonchev–Trinajstić information content (AvgIpc) is 3.09. The molecule has 31 heavy (non-hydrogen) atoms. The van der Waals surface area contributed by atoms with Crippen LogP contribution in [0.25, 0.3) is 6.08 Å². The Hall–Kier alpha value is -4.10. The maximum atomic E-state index is 13.1. The summed E-state index contributed by atoms with van der Waals surface area (Å²) in [5, 5.41) is 17.3. The quantitative estimate of drug-likeness (QED) is 0.249. The minimum Gasteiger partial charge on any atom is -0.265 e. The summed E-state index contributed by atoms with van der Waals surface area (Å²) in [6.45, 7) is 0. The second-order valence-corrected chi connectivity index (χ2v) is 6.94. The molecule has 0 N–H and O–H groups in total. The summed E-state index contributed by atoms with van der Waals surface area (Å²) >= 11 is 6.18. The zero-order valence-corrected chi connectivity index (χ0v) is 16.8. The van der Waals surface area contributed by atoms with Gasteiger partial charge in [0.25, 0.3) is 11.6 Å². The van der Waals surface area contributed by atoms with Gasteiger partial charge in [-0.25, -0.2) is 4.99 Å². The smallest absolute Gasteiger partial charge is 0.265 e.